The van der Waals surface area contributed by atoms with Crippen LogP contribution in [-0.4, -0.2) is 18.2 Å². The smallest absolute Gasteiger partial charge is 0.170 e. The van der Waals surface area contributed by atoms with Crippen molar-refractivity contribution in [3.63, 3.8) is 0 Å². The fraction of sp³-hybridized carbons (Fsp3) is 0.133. The van der Waals surface area contributed by atoms with Crippen molar-refractivity contribution in [1.29, 1.82) is 0 Å². The largest absolute Gasteiger partial charge is 0.495 e. The van der Waals surface area contributed by atoms with E-state index in [4.69, 9.17) is 15.7 Å². The minimum Gasteiger partial charge on any atom is -0.495 e. The monoisotopic (exact) mass is 349 g/mol. The highest BCUT2D eigenvalue weighted by Gasteiger charge is 2.04. The summed E-state index contributed by atoms with van der Waals surface area (Å²) in [5.74, 6) is 0.884. The van der Waals surface area contributed by atoms with Crippen LogP contribution >= 0.6 is 15.9 Å². The molecule has 2 rings (SSSR count). The fourth-order valence-electron chi connectivity index (χ4n) is 1.87. The summed E-state index contributed by atoms with van der Waals surface area (Å²) in [5, 5.41) is 14.9. The quantitative estimate of drug-likeness (QED) is 0.335. The first-order chi connectivity index (χ1) is 10.1. The Morgan fingerprint density at radius 3 is 2.62 bits per heavy atom. The molecular formula is C15H16BrN3O2. The van der Waals surface area contributed by atoms with Crippen LogP contribution in [0.2, 0.25) is 0 Å². The van der Waals surface area contributed by atoms with Crippen LogP contribution in [0, 0.1) is 0 Å². The molecule has 0 aliphatic rings. The zero-order valence-electron chi connectivity index (χ0n) is 11.5. The molecule has 0 amide bonds. The molecule has 0 fully saturated rings. The summed E-state index contributed by atoms with van der Waals surface area (Å²) in [6.45, 7) is 0.642. The van der Waals surface area contributed by atoms with E-state index in [0.717, 1.165) is 21.5 Å². The molecule has 0 heterocycles. The second kappa shape index (κ2) is 6.99. The molecule has 0 saturated heterocycles. The molecule has 0 aliphatic carbocycles. The summed E-state index contributed by atoms with van der Waals surface area (Å²) in [6.07, 6.45) is 0. The summed E-state index contributed by atoms with van der Waals surface area (Å²) >= 11 is 3.44. The van der Waals surface area contributed by atoms with Gasteiger partial charge in [0.25, 0.3) is 0 Å². The van der Waals surface area contributed by atoms with Crippen LogP contribution in [0.4, 0.5) is 5.69 Å². The molecular weight excluding hydrogens is 334 g/mol. The topological polar surface area (TPSA) is 79.9 Å². The maximum absolute atomic E-state index is 8.63. The van der Waals surface area contributed by atoms with E-state index >= 15 is 0 Å². The molecule has 0 aromatic heterocycles. The lowest BCUT2D eigenvalue weighted by atomic mass is 10.1. The molecule has 2 aromatic rings. The maximum atomic E-state index is 8.63. The molecule has 0 bridgehead atoms. The second-order valence-corrected chi connectivity index (χ2v) is 5.30. The number of nitrogens with two attached hydrogens (primary N) is 1. The molecule has 2 aromatic carbocycles. The summed E-state index contributed by atoms with van der Waals surface area (Å²) in [6, 6.07) is 13.2. The first-order valence-corrected chi connectivity index (χ1v) is 7.07. The second-order valence-electron chi connectivity index (χ2n) is 4.38. The molecule has 6 heteroatoms. The molecule has 0 spiro atoms. The number of nitrogens with one attached hydrogen (secondary N) is 1. The number of rotatable bonds is 5. The Bertz CT molecular complexity index is 642. The predicted octanol–water partition coefficient (Wildman–Crippen LogP) is 3.16. The number of benzene rings is 2. The molecule has 0 saturated carbocycles. The van der Waals surface area contributed by atoms with Crippen molar-refractivity contribution in [3.05, 3.63) is 58.1 Å². The average Bonchev–Trinajstić information content (AvgIpc) is 2.52. The van der Waals surface area contributed by atoms with Gasteiger partial charge in [-0.25, -0.2) is 0 Å². The SMILES string of the molecule is COc1ccc(Br)cc1NCc1ccc(C(N)=NO)cc1. The van der Waals surface area contributed by atoms with Gasteiger partial charge in [0.2, 0.25) is 0 Å². The van der Waals surface area contributed by atoms with E-state index in [0.29, 0.717) is 12.1 Å². The zero-order valence-corrected chi connectivity index (χ0v) is 13.1. The van der Waals surface area contributed by atoms with Crippen LogP contribution in [-0.2, 0) is 6.54 Å². The van der Waals surface area contributed by atoms with E-state index in [9.17, 15) is 0 Å². The number of nitrogens with zero attached hydrogens (tertiary/aromatic N) is 1. The van der Waals surface area contributed by atoms with Crippen molar-refractivity contribution in [2.75, 3.05) is 12.4 Å². The fourth-order valence-corrected chi connectivity index (χ4v) is 2.23. The standard InChI is InChI=1S/C15H16BrN3O2/c1-21-14-7-6-12(16)8-13(14)18-9-10-2-4-11(5-3-10)15(17)19-20/h2-8,18,20H,9H2,1H3,(H2,17,19). The Hall–Kier alpha value is -2.21. The van der Waals surface area contributed by atoms with Gasteiger partial charge in [0.05, 0.1) is 12.8 Å². The van der Waals surface area contributed by atoms with Gasteiger partial charge in [-0.05, 0) is 23.8 Å². The first-order valence-electron chi connectivity index (χ1n) is 6.28. The van der Waals surface area contributed by atoms with Gasteiger partial charge >= 0.3 is 0 Å². The number of methoxy groups -OCH3 is 1. The van der Waals surface area contributed by atoms with Crippen LogP contribution in [0.1, 0.15) is 11.1 Å². The number of halogens is 1. The summed E-state index contributed by atoms with van der Waals surface area (Å²) in [7, 11) is 1.64. The van der Waals surface area contributed by atoms with Gasteiger partial charge in [-0.1, -0.05) is 45.4 Å². The number of hydrogen-bond donors (Lipinski definition) is 3. The van der Waals surface area contributed by atoms with E-state index in [1.54, 1.807) is 7.11 Å². The third kappa shape index (κ3) is 3.88. The summed E-state index contributed by atoms with van der Waals surface area (Å²) in [4.78, 5) is 0. The van der Waals surface area contributed by atoms with Crippen LogP contribution in [0.15, 0.2) is 52.1 Å². The van der Waals surface area contributed by atoms with E-state index in [1.807, 2.05) is 42.5 Å². The van der Waals surface area contributed by atoms with Gasteiger partial charge in [0.15, 0.2) is 5.84 Å². The molecule has 5 nitrogen and oxygen atoms in total. The van der Waals surface area contributed by atoms with Gasteiger partial charge in [-0.15, -0.1) is 0 Å². The van der Waals surface area contributed by atoms with Crippen LogP contribution < -0.4 is 15.8 Å². The Morgan fingerprint density at radius 1 is 1.29 bits per heavy atom. The van der Waals surface area contributed by atoms with Crippen molar-refractivity contribution in [2.45, 2.75) is 6.54 Å². The normalized spacial score (nSPS) is 11.2. The molecule has 0 unspecified atom stereocenters. The van der Waals surface area contributed by atoms with Crippen molar-refractivity contribution in [3.8, 4) is 5.75 Å². The van der Waals surface area contributed by atoms with E-state index < -0.39 is 0 Å². The van der Waals surface area contributed by atoms with Gasteiger partial charge in [0, 0.05) is 16.6 Å². The predicted molar refractivity (Wildman–Crippen MR) is 87.0 cm³/mol. The highest BCUT2D eigenvalue weighted by atomic mass is 79.9. The van der Waals surface area contributed by atoms with Crippen molar-refractivity contribution in [2.24, 2.45) is 10.9 Å². The summed E-state index contributed by atoms with van der Waals surface area (Å²) < 4.78 is 6.29. The number of anilines is 1. The van der Waals surface area contributed by atoms with Crippen molar-refractivity contribution in [1.82, 2.24) is 0 Å². The number of hydrogen-bond acceptors (Lipinski definition) is 4. The molecule has 110 valence electrons. The lowest BCUT2D eigenvalue weighted by molar-refractivity contribution is 0.318. The van der Waals surface area contributed by atoms with Crippen LogP contribution in [0.25, 0.3) is 0 Å². The lowest BCUT2D eigenvalue weighted by Crippen LogP contribution is -2.13. The number of amidine groups is 1. The van der Waals surface area contributed by atoms with Gasteiger partial charge in [0.1, 0.15) is 5.75 Å². The van der Waals surface area contributed by atoms with Crippen molar-refractivity contribution >= 4 is 27.5 Å². The lowest BCUT2D eigenvalue weighted by Gasteiger charge is -2.12. The molecule has 0 atom stereocenters. The van der Waals surface area contributed by atoms with E-state index in [-0.39, 0.29) is 5.84 Å². The van der Waals surface area contributed by atoms with Gasteiger partial charge in [-0.3, -0.25) is 0 Å². The number of ether oxygens (including phenoxy) is 1. The molecule has 21 heavy (non-hydrogen) atoms. The molecule has 4 N–H and O–H groups in total. The van der Waals surface area contributed by atoms with E-state index in [1.165, 1.54) is 0 Å². The summed E-state index contributed by atoms with van der Waals surface area (Å²) in [5.41, 5.74) is 8.19. The first kappa shape index (κ1) is 15.2. The van der Waals surface area contributed by atoms with Gasteiger partial charge < -0.3 is 21.0 Å². The molecule has 0 aliphatic heterocycles. The van der Waals surface area contributed by atoms with Crippen LogP contribution in [0.5, 0.6) is 5.75 Å². The minimum atomic E-state index is 0.100. The minimum absolute atomic E-state index is 0.100. The third-order valence-corrected chi connectivity index (χ3v) is 3.50. The Kier molecular flexibility index (Phi) is 5.05. The Labute approximate surface area is 131 Å². The highest BCUT2D eigenvalue weighted by molar-refractivity contribution is 9.10. The maximum Gasteiger partial charge on any atom is 0.170 e. The van der Waals surface area contributed by atoms with Crippen LogP contribution in [0.3, 0.4) is 0 Å². The highest BCUT2D eigenvalue weighted by Crippen LogP contribution is 2.28. The Morgan fingerprint density at radius 2 is 2.00 bits per heavy atom. The van der Waals surface area contributed by atoms with E-state index in [2.05, 4.69) is 26.4 Å². The zero-order chi connectivity index (χ0) is 15.2. The Balaban J connectivity index is 2.08. The van der Waals surface area contributed by atoms with Crippen molar-refractivity contribution < 1.29 is 9.94 Å². The third-order valence-electron chi connectivity index (χ3n) is 3.00. The van der Waals surface area contributed by atoms with Gasteiger partial charge in [-0.2, -0.15) is 0 Å². The average molecular weight is 350 g/mol. The molecule has 0 radical (unpaired) electrons. The number of oxime groups is 1.